The number of rotatable bonds is 2. The topological polar surface area (TPSA) is 100 Å². The van der Waals surface area contributed by atoms with Gasteiger partial charge in [-0.3, -0.25) is 4.90 Å². The van der Waals surface area contributed by atoms with Gasteiger partial charge in [-0.25, -0.2) is 4.99 Å². The zero-order valence-electron chi connectivity index (χ0n) is 15.1. The first-order chi connectivity index (χ1) is 13.3. The van der Waals surface area contributed by atoms with Crippen LogP contribution in [0.4, 0.5) is 32.0 Å². The first-order valence-electron chi connectivity index (χ1n) is 8.78. The highest BCUT2D eigenvalue weighted by Crippen LogP contribution is 2.51. The number of nitrogens with two attached hydrogens (primary N) is 2. The summed E-state index contributed by atoms with van der Waals surface area (Å²) in [5, 5.41) is 9.71. The molecule has 1 fully saturated rings. The molecule has 0 unspecified atom stereocenters. The summed E-state index contributed by atoms with van der Waals surface area (Å²) >= 11 is 0. The zero-order valence-corrected chi connectivity index (χ0v) is 15.1. The minimum absolute atomic E-state index is 0.103. The molecule has 1 heterocycles. The third-order valence-corrected chi connectivity index (χ3v) is 5.19. The molecule has 1 spiro atoms. The van der Waals surface area contributed by atoms with E-state index in [1.807, 2.05) is 0 Å². The molecule has 12 heteroatoms. The van der Waals surface area contributed by atoms with Gasteiger partial charge in [-0.2, -0.15) is 31.3 Å². The van der Waals surface area contributed by atoms with E-state index >= 15 is 0 Å². The molecule has 3 rings (SSSR count). The molecule has 1 saturated carbocycles. The van der Waals surface area contributed by atoms with Crippen molar-refractivity contribution in [2.75, 3.05) is 4.90 Å². The average Bonchev–Trinajstić information content (AvgIpc) is 2.59. The van der Waals surface area contributed by atoms with Gasteiger partial charge in [0.1, 0.15) is 5.66 Å². The maximum atomic E-state index is 13.3. The van der Waals surface area contributed by atoms with Gasteiger partial charge in [-0.05, 0) is 37.8 Å². The lowest BCUT2D eigenvalue weighted by molar-refractivity contribution is -0.376. The Morgan fingerprint density at radius 2 is 1.55 bits per heavy atom. The molecule has 0 atom stereocenters. The quantitative estimate of drug-likeness (QED) is 0.637. The van der Waals surface area contributed by atoms with Crippen LogP contribution >= 0.6 is 0 Å². The molecule has 29 heavy (non-hydrogen) atoms. The monoisotopic (exact) mass is 423 g/mol. The number of alkyl halides is 6. The predicted molar refractivity (Wildman–Crippen MR) is 94.0 cm³/mol. The highest BCUT2D eigenvalue weighted by Gasteiger charge is 2.71. The van der Waals surface area contributed by atoms with E-state index in [9.17, 15) is 31.4 Å². The second kappa shape index (κ2) is 6.78. The van der Waals surface area contributed by atoms with Gasteiger partial charge in [0.25, 0.3) is 5.60 Å². The van der Waals surface area contributed by atoms with Crippen molar-refractivity contribution in [3.8, 4) is 0 Å². The Hall–Kier alpha value is -2.50. The lowest BCUT2D eigenvalue weighted by atomic mass is 9.86. The highest BCUT2D eigenvalue weighted by atomic mass is 19.4. The van der Waals surface area contributed by atoms with E-state index in [0.29, 0.717) is 25.0 Å². The van der Waals surface area contributed by atoms with Crippen molar-refractivity contribution < 1.29 is 31.4 Å². The lowest BCUT2D eigenvalue weighted by Gasteiger charge is -2.46. The Balaban J connectivity index is 2.15. The molecular weight excluding hydrogens is 404 g/mol. The number of halogens is 6. The van der Waals surface area contributed by atoms with Crippen LogP contribution < -0.4 is 16.4 Å². The fourth-order valence-corrected chi connectivity index (χ4v) is 3.85. The SMILES string of the molecule is NC1=NC2(CCCCC2)N(c2cccc(C(O)(C(F)(F)F)C(F)(F)F)c2)C(N)=N1. The van der Waals surface area contributed by atoms with Crippen LogP contribution in [0.1, 0.15) is 37.7 Å². The van der Waals surface area contributed by atoms with Gasteiger partial charge in [-0.15, -0.1) is 0 Å². The Kier molecular flexibility index (Phi) is 4.96. The van der Waals surface area contributed by atoms with E-state index < -0.39 is 29.2 Å². The van der Waals surface area contributed by atoms with E-state index in [1.54, 1.807) is 0 Å². The van der Waals surface area contributed by atoms with Crippen LogP contribution in [0.2, 0.25) is 0 Å². The van der Waals surface area contributed by atoms with Crippen molar-refractivity contribution >= 4 is 17.6 Å². The van der Waals surface area contributed by atoms with Gasteiger partial charge in [0.05, 0.1) is 0 Å². The summed E-state index contributed by atoms with van der Waals surface area (Å²) in [6.07, 6.45) is -8.77. The molecule has 1 aromatic rings. The number of aliphatic imine (C=N–C) groups is 2. The normalized spacial score (nSPS) is 20.4. The van der Waals surface area contributed by atoms with Crippen molar-refractivity contribution in [1.29, 1.82) is 0 Å². The minimum atomic E-state index is -5.99. The molecular formula is C17H19F6N5O. The maximum Gasteiger partial charge on any atom is 0.430 e. The highest BCUT2D eigenvalue weighted by molar-refractivity contribution is 6.05. The van der Waals surface area contributed by atoms with Gasteiger partial charge in [0.2, 0.25) is 11.9 Å². The summed E-state index contributed by atoms with van der Waals surface area (Å²) < 4.78 is 79.6. The molecule has 0 aromatic heterocycles. The number of hydrogen-bond donors (Lipinski definition) is 3. The average molecular weight is 423 g/mol. The van der Waals surface area contributed by atoms with Crippen LogP contribution in [0.5, 0.6) is 0 Å². The Morgan fingerprint density at radius 1 is 0.966 bits per heavy atom. The summed E-state index contributed by atoms with van der Waals surface area (Å²) in [6.45, 7) is 0. The maximum absolute atomic E-state index is 13.3. The summed E-state index contributed by atoms with van der Waals surface area (Å²) in [5.74, 6) is -0.307. The van der Waals surface area contributed by atoms with Crippen LogP contribution in [-0.2, 0) is 5.60 Å². The van der Waals surface area contributed by atoms with Gasteiger partial charge in [0, 0.05) is 11.3 Å². The lowest BCUT2D eigenvalue weighted by Crippen LogP contribution is -2.58. The summed E-state index contributed by atoms with van der Waals surface area (Å²) in [5.41, 5.74) is 4.07. The molecule has 2 aliphatic rings. The predicted octanol–water partition coefficient (Wildman–Crippen LogP) is 3.11. The number of nitrogens with zero attached hydrogens (tertiary/aromatic N) is 3. The number of anilines is 1. The fourth-order valence-electron chi connectivity index (χ4n) is 3.85. The van der Waals surface area contributed by atoms with Crippen molar-refractivity contribution in [2.45, 2.75) is 55.7 Å². The van der Waals surface area contributed by atoms with E-state index in [2.05, 4.69) is 9.98 Å². The molecule has 1 aliphatic carbocycles. The van der Waals surface area contributed by atoms with Gasteiger partial charge < -0.3 is 16.6 Å². The van der Waals surface area contributed by atoms with Crippen molar-refractivity contribution in [1.82, 2.24) is 0 Å². The molecule has 1 aromatic carbocycles. The molecule has 5 N–H and O–H groups in total. The molecule has 0 saturated heterocycles. The van der Waals surface area contributed by atoms with E-state index in [4.69, 9.17) is 11.5 Å². The Morgan fingerprint density at radius 3 is 2.10 bits per heavy atom. The van der Waals surface area contributed by atoms with Crippen LogP contribution in [0.15, 0.2) is 34.3 Å². The zero-order chi connectivity index (χ0) is 21.7. The third kappa shape index (κ3) is 3.38. The number of guanidine groups is 2. The van der Waals surface area contributed by atoms with E-state index in [0.717, 1.165) is 25.3 Å². The molecule has 160 valence electrons. The van der Waals surface area contributed by atoms with E-state index in [-0.39, 0.29) is 17.6 Å². The van der Waals surface area contributed by atoms with Crippen molar-refractivity contribution in [3.63, 3.8) is 0 Å². The van der Waals surface area contributed by atoms with Gasteiger partial charge in [0.15, 0.2) is 0 Å². The third-order valence-electron chi connectivity index (χ3n) is 5.19. The summed E-state index contributed by atoms with van der Waals surface area (Å²) in [7, 11) is 0. The van der Waals surface area contributed by atoms with Crippen molar-refractivity contribution in [3.05, 3.63) is 29.8 Å². The molecule has 0 amide bonds. The van der Waals surface area contributed by atoms with Crippen LogP contribution in [0.3, 0.4) is 0 Å². The van der Waals surface area contributed by atoms with E-state index in [1.165, 1.54) is 11.0 Å². The molecule has 0 bridgehead atoms. The number of aliphatic hydroxyl groups is 1. The number of hydrogen-bond acceptors (Lipinski definition) is 6. The molecule has 0 radical (unpaired) electrons. The smallest absolute Gasteiger partial charge is 0.369 e. The van der Waals surface area contributed by atoms with Gasteiger partial charge in [-0.1, -0.05) is 18.6 Å². The molecule has 6 nitrogen and oxygen atoms in total. The van der Waals surface area contributed by atoms with Crippen LogP contribution in [0.25, 0.3) is 0 Å². The van der Waals surface area contributed by atoms with Crippen molar-refractivity contribution in [2.24, 2.45) is 21.5 Å². The van der Waals surface area contributed by atoms with Crippen LogP contribution in [-0.4, -0.2) is 35.0 Å². The second-order valence-corrected chi connectivity index (χ2v) is 7.07. The first kappa shape index (κ1) is 21.2. The Bertz CT molecular complexity index is 827. The summed E-state index contributed by atoms with van der Waals surface area (Å²) in [6, 6.07) is 3.44. The van der Waals surface area contributed by atoms with Crippen LogP contribution in [0, 0.1) is 0 Å². The Labute approximate surface area is 161 Å². The first-order valence-corrected chi connectivity index (χ1v) is 8.78. The van der Waals surface area contributed by atoms with Gasteiger partial charge >= 0.3 is 12.4 Å². The minimum Gasteiger partial charge on any atom is -0.369 e. The summed E-state index contributed by atoms with van der Waals surface area (Å²) in [4.78, 5) is 9.43. The standard InChI is InChI=1S/C17H19F6N5O/c18-16(19,20)15(29,17(21,22)23)10-5-4-6-11(9-10)28-13(25)26-12(24)27-14(28)7-2-1-3-8-14/h4-6,9,29H,1-3,7-8H2,(H4,24,25,26,27). The largest absolute Gasteiger partial charge is 0.430 e. The second-order valence-electron chi connectivity index (χ2n) is 7.07. The fraction of sp³-hybridized carbons (Fsp3) is 0.529. The number of benzene rings is 1. The molecule has 1 aliphatic heterocycles.